The van der Waals surface area contributed by atoms with Crippen molar-refractivity contribution in [1.29, 1.82) is 0 Å². The summed E-state index contributed by atoms with van der Waals surface area (Å²) in [4.78, 5) is 11.3. The summed E-state index contributed by atoms with van der Waals surface area (Å²) in [7, 11) is 1.38. The zero-order valence-corrected chi connectivity index (χ0v) is 8.68. The van der Waals surface area contributed by atoms with Gasteiger partial charge in [0.25, 0.3) is 0 Å². The van der Waals surface area contributed by atoms with Gasteiger partial charge in [0.2, 0.25) is 0 Å². The van der Waals surface area contributed by atoms with Crippen LogP contribution in [0.15, 0.2) is 15.9 Å². The molecule has 1 heterocycles. The maximum Gasteiger partial charge on any atom is 0.338 e. The summed E-state index contributed by atoms with van der Waals surface area (Å²) >= 11 is 4.60. The topological polar surface area (TPSA) is 46.5 Å². The number of aliphatic carboxylic acids is 1. The average Bonchev–Trinajstić information content (AvgIpc) is 2.37. The van der Waals surface area contributed by atoms with E-state index < -0.39 is 12.1 Å². The van der Waals surface area contributed by atoms with Crippen LogP contribution >= 0.6 is 27.3 Å². The van der Waals surface area contributed by atoms with E-state index in [0.29, 0.717) is 4.88 Å². The SMILES string of the molecule is CO[C@H](C(=O)O)c1cc(Br)cs1. The molecule has 0 amide bonds. The Balaban J connectivity index is 2.87. The van der Waals surface area contributed by atoms with Crippen LogP contribution in [0, 0.1) is 0 Å². The van der Waals surface area contributed by atoms with Gasteiger partial charge in [0, 0.05) is 21.8 Å². The number of carbonyl (C=O) groups is 1. The highest BCUT2D eigenvalue weighted by Gasteiger charge is 2.20. The minimum atomic E-state index is -0.966. The first-order valence-electron chi connectivity index (χ1n) is 3.14. The first kappa shape index (κ1) is 9.70. The van der Waals surface area contributed by atoms with E-state index in [1.807, 2.05) is 5.38 Å². The van der Waals surface area contributed by atoms with Crippen molar-refractivity contribution in [2.75, 3.05) is 7.11 Å². The first-order valence-corrected chi connectivity index (χ1v) is 4.82. The van der Waals surface area contributed by atoms with E-state index in [1.54, 1.807) is 6.07 Å². The Morgan fingerprint density at radius 3 is 2.83 bits per heavy atom. The number of halogens is 1. The molecule has 3 nitrogen and oxygen atoms in total. The quantitative estimate of drug-likeness (QED) is 0.896. The predicted octanol–water partition coefficient (Wildman–Crippen LogP) is 2.28. The molecule has 66 valence electrons. The van der Waals surface area contributed by atoms with Gasteiger partial charge in [-0.3, -0.25) is 0 Å². The number of hydrogen-bond donors (Lipinski definition) is 1. The van der Waals surface area contributed by atoms with Crippen LogP contribution in [0.5, 0.6) is 0 Å². The van der Waals surface area contributed by atoms with Crippen molar-refractivity contribution < 1.29 is 14.6 Å². The molecule has 12 heavy (non-hydrogen) atoms. The normalized spacial score (nSPS) is 12.8. The zero-order valence-electron chi connectivity index (χ0n) is 6.28. The lowest BCUT2D eigenvalue weighted by molar-refractivity contribution is -0.148. The smallest absolute Gasteiger partial charge is 0.338 e. The molecule has 1 rings (SSSR count). The third kappa shape index (κ3) is 2.06. The number of thiophene rings is 1. The minimum Gasteiger partial charge on any atom is -0.479 e. The lowest BCUT2D eigenvalue weighted by atomic mass is 10.3. The van der Waals surface area contributed by atoms with Gasteiger partial charge in [-0.25, -0.2) is 4.79 Å². The van der Waals surface area contributed by atoms with Crippen LogP contribution in [0.25, 0.3) is 0 Å². The Morgan fingerprint density at radius 1 is 1.83 bits per heavy atom. The Kier molecular flexibility index (Phi) is 3.25. The molecule has 0 fully saturated rings. The van der Waals surface area contributed by atoms with E-state index in [0.717, 1.165) is 4.47 Å². The third-order valence-electron chi connectivity index (χ3n) is 1.31. The molecule has 1 atom stereocenters. The molecule has 1 N–H and O–H groups in total. The van der Waals surface area contributed by atoms with E-state index in [9.17, 15) is 4.79 Å². The Morgan fingerprint density at radius 2 is 2.50 bits per heavy atom. The summed E-state index contributed by atoms with van der Waals surface area (Å²) < 4.78 is 5.68. The summed E-state index contributed by atoms with van der Waals surface area (Å²) in [5.74, 6) is -0.966. The fourth-order valence-electron chi connectivity index (χ4n) is 0.804. The predicted molar refractivity (Wildman–Crippen MR) is 49.4 cm³/mol. The van der Waals surface area contributed by atoms with Gasteiger partial charge >= 0.3 is 5.97 Å². The van der Waals surface area contributed by atoms with E-state index in [1.165, 1.54) is 18.4 Å². The molecular formula is C7H7BrO3S. The minimum absolute atomic E-state index is 0.692. The van der Waals surface area contributed by atoms with Crippen molar-refractivity contribution in [2.24, 2.45) is 0 Å². The zero-order chi connectivity index (χ0) is 9.14. The molecule has 0 radical (unpaired) electrons. The van der Waals surface area contributed by atoms with Crippen molar-refractivity contribution in [2.45, 2.75) is 6.10 Å². The third-order valence-corrected chi connectivity index (χ3v) is 3.04. The van der Waals surface area contributed by atoms with Crippen LogP contribution in [0.4, 0.5) is 0 Å². The molecule has 0 saturated carbocycles. The fourth-order valence-corrected chi connectivity index (χ4v) is 2.32. The van der Waals surface area contributed by atoms with Crippen LogP contribution in [0.3, 0.4) is 0 Å². The van der Waals surface area contributed by atoms with E-state index >= 15 is 0 Å². The maximum atomic E-state index is 10.6. The van der Waals surface area contributed by atoms with Crippen molar-refractivity contribution in [3.05, 3.63) is 20.8 Å². The molecule has 0 aliphatic rings. The fraction of sp³-hybridized carbons (Fsp3) is 0.286. The maximum absolute atomic E-state index is 10.6. The first-order chi connectivity index (χ1) is 5.65. The number of rotatable bonds is 3. The van der Waals surface area contributed by atoms with E-state index in [2.05, 4.69) is 15.9 Å². The van der Waals surface area contributed by atoms with Crippen molar-refractivity contribution in [3.63, 3.8) is 0 Å². The molecule has 0 spiro atoms. The van der Waals surface area contributed by atoms with Gasteiger partial charge < -0.3 is 9.84 Å². The lowest BCUT2D eigenvalue weighted by Gasteiger charge is -2.06. The number of methoxy groups -OCH3 is 1. The van der Waals surface area contributed by atoms with Gasteiger partial charge in [-0.1, -0.05) is 0 Å². The molecule has 0 aliphatic carbocycles. The van der Waals surface area contributed by atoms with Crippen molar-refractivity contribution in [3.8, 4) is 0 Å². The van der Waals surface area contributed by atoms with Crippen molar-refractivity contribution >= 4 is 33.2 Å². The Labute approximate surface area is 82.1 Å². The van der Waals surface area contributed by atoms with Crippen LogP contribution in [-0.2, 0) is 9.53 Å². The van der Waals surface area contributed by atoms with Crippen molar-refractivity contribution in [1.82, 2.24) is 0 Å². The molecule has 5 heteroatoms. The highest BCUT2D eigenvalue weighted by Crippen LogP contribution is 2.27. The van der Waals surface area contributed by atoms with E-state index in [4.69, 9.17) is 9.84 Å². The molecule has 0 unspecified atom stereocenters. The van der Waals surface area contributed by atoms with Gasteiger partial charge in [-0.15, -0.1) is 11.3 Å². The largest absolute Gasteiger partial charge is 0.479 e. The van der Waals surface area contributed by atoms with Crippen LogP contribution in [-0.4, -0.2) is 18.2 Å². The van der Waals surface area contributed by atoms with Gasteiger partial charge in [0.05, 0.1) is 0 Å². The molecule has 0 saturated heterocycles. The number of hydrogen-bond acceptors (Lipinski definition) is 3. The number of carboxylic acid groups (broad SMARTS) is 1. The summed E-state index contributed by atoms with van der Waals surface area (Å²) in [6, 6.07) is 1.74. The molecule has 1 aromatic rings. The highest BCUT2D eigenvalue weighted by molar-refractivity contribution is 9.10. The van der Waals surface area contributed by atoms with Gasteiger partial charge in [0.1, 0.15) is 0 Å². The van der Waals surface area contributed by atoms with Gasteiger partial charge in [-0.05, 0) is 22.0 Å². The lowest BCUT2D eigenvalue weighted by Crippen LogP contribution is -2.11. The molecular weight excluding hydrogens is 244 g/mol. The van der Waals surface area contributed by atoms with Gasteiger partial charge in [0.15, 0.2) is 6.10 Å². The molecule has 0 bridgehead atoms. The summed E-state index contributed by atoms with van der Waals surface area (Å²) in [5, 5.41) is 10.5. The summed E-state index contributed by atoms with van der Waals surface area (Å²) in [5.41, 5.74) is 0. The molecule has 0 aromatic carbocycles. The standard InChI is InChI=1S/C7H7BrO3S/c1-11-6(7(9)10)5-2-4(8)3-12-5/h2-3,6H,1H3,(H,9,10)/t6-/m0/s1. The second-order valence-electron chi connectivity index (χ2n) is 2.12. The van der Waals surface area contributed by atoms with Crippen LogP contribution in [0.2, 0.25) is 0 Å². The summed E-state index contributed by atoms with van der Waals surface area (Å²) in [6.07, 6.45) is -0.846. The Hall–Kier alpha value is -0.390. The van der Waals surface area contributed by atoms with Crippen LogP contribution in [0.1, 0.15) is 11.0 Å². The molecule has 0 aliphatic heterocycles. The summed E-state index contributed by atoms with van der Waals surface area (Å²) in [6.45, 7) is 0. The van der Waals surface area contributed by atoms with E-state index in [-0.39, 0.29) is 0 Å². The van der Waals surface area contributed by atoms with Crippen LogP contribution < -0.4 is 0 Å². The molecule has 1 aromatic heterocycles. The average molecular weight is 251 g/mol. The second-order valence-corrected chi connectivity index (χ2v) is 3.98. The second kappa shape index (κ2) is 4.02. The number of ether oxygens (including phenoxy) is 1. The number of carboxylic acids is 1. The monoisotopic (exact) mass is 250 g/mol. The Bertz CT molecular complexity index is 284. The van der Waals surface area contributed by atoms with Gasteiger partial charge in [-0.2, -0.15) is 0 Å². The highest BCUT2D eigenvalue weighted by atomic mass is 79.9.